The summed E-state index contributed by atoms with van der Waals surface area (Å²) in [4.78, 5) is 13.7. The van der Waals surface area contributed by atoms with Crippen molar-refractivity contribution in [1.82, 2.24) is 4.90 Å². The molecule has 0 N–H and O–H groups in total. The Kier molecular flexibility index (Phi) is 4.94. The van der Waals surface area contributed by atoms with Gasteiger partial charge >= 0.3 is 0 Å². The van der Waals surface area contributed by atoms with Crippen molar-refractivity contribution in [2.75, 3.05) is 7.05 Å². The smallest absolute Gasteiger partial charge is 0.253 e. The monoisotopic (exact) mass is 399 g/mol. The van der Waals surface area contributed by atoms with Gasteiger partial charge in [-0.2, -0.15) is 0 Å². The van der Waals surface area contributed by atoms with Gasteiger partial charge in [-0.15, -0.1) is 0 Å². The van der Waals surface area contributed by atoms with E-state index in [1.807, 2.05) is 0 Å². The molecule has 0 aliphatic rings. The first-order valence-corrected chi connectivity index (χ1v) is 7.51. The number of benzene rings is 2. The predicted octanol–water partition coefficient (Wildman–Crippen LogP) is 4.62. The molecule has 2 aromatic carbocycles. The summed E-state index contributed by atoms with van der Waals surface area (Å²) in [6, 6.07) is 11.8. The maximum Gasteiger partial charge on any atom is 0.253 e. The van der Waals surface area contributed by atoms with E-state index < -0.39 is 0 Å². The molecule has 0 bridgehead atoms. The van der Waals surface area contributed by atoms with E-state index in [9.17, 15) is 9.18 Å². The predicted molar refractivity (Wildman–Crippen MR) is 84.0 cm³/mol. The molecule has 2 nitrogen and oxygen atoms in total. The molecule has 0 atom stereocenters. The van der Waals surface area contributed by atoms with Gasteiger partial charge in [0.15, 0.2) is 0 Å². The van der Waals surface area contributed by atoms with Crippen LogP contribution in [0.2, 0.25) is 0 Å². The molecule has 0 aliphatic carbocycles. The fourth-order valence-electron chi connectivity index (χ4n) is 1.80. The van der Waals surface area contributed by atoms with E-state index >= 15 is 0 Å². The molecule has 2 aromatic rings. The van der Waals surface area contributed by atoms with Crippen molar-refractivity contribution in [2.24, 2.45) is 0 Å². The van der Waals surface area contributed by atoms with Gasteiger partial charge in [0.05, 0.1) is 0 Å². The second kappa shape index (κ2) is 6.50. The van der Waals surface area contributed by atoms with Gasteiger partial charge in [0.25, 0.3) is 5.91 Å². The Hall–Kier alpha value is -1.20. The lowest BCUT2D eigenvalue weighted by Crippen LogP contribution is -2.26. The number of carbonyl (C=O) groups is 1. The van der Waals surface area contributed by atoms with Crippen LogP contribution in [0.5, 0.6) is 0 Å². The Morgan fingerprint density at radius 2 is 1.70 bits per heavy atom. The third-order valence-electron chi connectivity index (χ3n) is 2.85. The van der Waals surface area contributed by atoms with Crippen molar-refractivity contribution >= 4 is 37.8 Å². The molecule has 0 aromatic heterocycles. The van der Waals surface area contributed by atoms with Gasteiger partial charge in [-0.1, -0.05) is 31.9 Å². The Bertz CT molecular complexity index is 628. The number of amides is 1. The molecule has 2 rings (SSSR count). The highest BCUT2D eigenvalue weighted by atomic mass is 79.9. The highest BCUT2D eigenvalue weighted by molar-refractivity contribution is 9.10. The summed E-state index contributed by atoms with van der Waals surface area (Å²) < 4.78 is 15.4. The molecule has 0 heterocycles. The van der Waals surface area contributed by atoms with Crippen molar-refractivity contribution < 1.29 is 9.18 Å². The van der Waals surface area contributed by atoms with Crippen molar-refractivity contribution in [2.45, 2.75) is 6.54 Å². The molecule has 5 heteroatoms. The van der Waals surface area contributed by atoms with Crippen LogP contribution in [-0.4, -0.2) is 17.9 Å². The van der Waals surface area contributed by atoms with E-state index in [2.05, 4.69) is 31.9 Å². The van der Waals surface area contributed by atoms with E-state index in [4.69, 9.17) is 0 Å². The van der Waals surface area contributed by atoms with Crippen LogP contribution in [0.3, 0.4) is 0 Å². The molecule has 0 fully saturated rings. The van der Waals surface area contributed by atoms with Gasteiger partial charge < -0.3 is 4.90 Å². The number of halogens is 3. The lowest BCUT2D eigenvalue weighted by molar-refractivity contribution is 0.0784. The quantitative estimate of drug-likeness (QED) is 0.735. The highest BCUT2D eigenvalue weighted by Gasteiger charge is 2.14. The summed E-state index contributed by atoms with van der Waals surface area (Å²) in [6.45, 7) is 0.222. The van der Waals surface area contributed by atoms with Crippen LogP contribution in [0, 0.1) is 5.82 Å². The summed E-state index contributed by atoms with van der Waals surface area (Å²) in [5, 5.41) is 0. The van der Waals surface area contributed by atoms with Crippen molar-refractivity contribution in [3.8, 4) is 0 Å². The first kappa shape index (κ1) is 15.2. The zero-order valence-corrected chi connectivity index (χ0v) is 13.9. The maximum absolute atomic E-state index is 13.7. The third-order valence-corrected chi connectivity index (χ3v) is 3.88. The molecule has 0 aliphatic heterocycles. The molecule has 0 saturated heterocycles. The summed E-state index contributed by atoms with van der Waals surface area (Å²) in [5.74, 6) is -0.458. The van der Waals surface area contributed by atoms with Gasteiger partial charge in [-0.25, -0.2) is 4.39 Å². The van der Waals surface area contributed by atoms with Gasteiger partial charge in [0, 0.05) is 33.7 Å². The van der Waals surface area contributed by atoms with Crippen LogP contribution in [0.1, 0.15) is 15.9 Å². The zero-order valence-electron chi connectivity index (χ0n) is 10.7. The molecule has 20 heavy (non-hydrogen) atoms. The fraction of sp³-hybridized carbons (Fsp3) is 0.133. The second-order valence-corrected chi connectivity index (χ2v) is 6.24. The Labute approximate surface area is 133 Å². The molecular weight excluding hydrogens is 389 g/mol. The van der Waals surface area contributed by atoms with Gasteiger partial charge in [0.2, 0.25) is 0 Å². The Balaban J connectivity index is 2.15. The lowest BCUT2D eigenvalue weighted by atomic mass is 10.1. The average molecular weight is 401 g/mol. The minimum atomic E-state index is -0.316. The largest absolute Gasteiger partial charge is 0.337 e. The molecule has 1 amide bonds. The maximum atomic E-state index is 13.7. The van der Waals surface area contributed by atoms with Crippen LogP contribution >= 0.6 is 31.9 Å². The Morgan fingerprint density at radius 3 is 2.35 bits per heavy atom. The highest BCUT2D eigenvalue weighted by Crippen LogP contribution is 2.18. The molecule has 0 saturated carbocycles. The van der Waals surface area contributed by atoms with E-state index in [0.29, 0.717) is 11.1 Å². The van der Waals surface area contributed by atoms with Gasteiger partial charge in [-0.3, -0.25) is 4.79 Å². The number of rotatable bonds is 3. The van der Waals surface area contributed by atoms with E-state index in [1.54, 1.807) is 43.4 Å². The first-order valence-electron chi connectivity index (χ1n) is 5.92. The fourth-order valence-corrected chi connectivity index (χ4v) is 2.48. The van der Waals surface area contributed by atoms with E-state index in [0.717, 1.165) is 8.95 Å². The normalized spacial score (nSPS) is 10.4. The SMILES string of the molecule is CN(Cc1cc(Br)ccc1F)C(=O)c1ccc(Br)cc1. The standard InChI is InChI=1S/C15H12Br2FNO/c1-19(9-11-8-13(17)6-7-14(11)18)15(20)10-2-4-12(16)5-3-10/h2-8H,9H2,1H3. The zero-order chi connectivity index (χ0) is 14.7. The van der Waals surface area contributed by atoms with Crippen LogP contribution in [0.25, 0.3) is 0 Å². The molecular formula is C15H12Br2FNO. The minimum Gasteiger partial charge on any atom is -0.337 e. The summed E-state index contributed by atoms with van der Waals surface area (Å²) >= 11 is 6.62. The van der Waals surface area contributed by atoms with Crippen molar-refractivity contribution in [3.05, 3.63) is 68.4 Å². The Morgan fingerprint density at radius 1 is 1.10 bits per heavy atom. The van der Waals surface area contributed by atoms with Crippen LogP contribution in [-0.2, 0) is 6.54 Å². The number of carbonyl (C=O) groups excluding carboxylic acids is 1. The average Bonchev–Trinajstić information content (AvgIpc) is 2.43. The molecule has 0 unspecified atom stereocenters. The number of hydrogen-bond acceptors (Lipinski definition) is 1. The number of hydrogen-bond donors (Lipinski definition) is 0. The molecule has 0 radical (unpaired) electrons. The van der Waals surface area contributed by atoms with Crippen LogP contribution < -0.4 is 0 Å². The van der Waals surface area contributed by atoms with Crippen LogP contribution in [0.15, 0.2) is 51.4 Å². The summed E-state index contributed by atoms with van der Waals surface area (Å²) in [7, 11) is 1.66. The summed E-state index contributed by atoms with van der Waals surface area (Å²) in [5.41, 5.74) is 1.05. The summed E-state index contributed by atoms with van der Waals surface area (Å²) in [6.07, 6.45) is 0. The second-order valence-electron chi connectivity index (χ2n) is 4.40. The lowest BCUT2D eigenvalue weighted by Gasteiger charge is -2.18. The van der Waals surface area contributed by atoms with Gasteiger partial charge in [-0.05, 0) is 42.5 Å². The number of nitrogens with zero attached hydrogens (tertiary/aromatic N) is 1. The van der Waals surface area contributed by atoms with Gasteiger partial charge in [0.1, 0.15) is 5.82 Å². The first-order chi connectivity index (χ1) is 9.47. The van der Waals surface area contributed by atoms with Crippen molar-refractivity contribution in [3.63, 3.8) is 0 Å². The minimum absolute atomic E-state index is 0.142. The van der Waals surface area contributed by atoms with E-state index in [-0.39, 0.29) is 18.3 Å². The van der Waals surface area contributed by atoms with E-state index in [1.165, 1.54) is 11.0 Å². The topological polar surface area (TPSA) is 20.3 Å². The van der Waals surface area contributed by atoms with Crippen molar-refractivity contribution in [1.29, 1.82) is 0 Å². The molecule has 0 spiro atoms. The van der Waals surface area contributed by atoms with Crippen LogP contribution in [0.4, 0.5) is 4.39 Å². The molecule has 104 valence electrons. The third kappa shape index (κ3) is 3.67.